The van der Waals surface area contributed by atoms with Gasteiger partial charge in [-0.3, -0.25) is 14.6 Å². The quantitative estimate of drug-likeness (QED) is 0.443. The molecule has 0 aromatic heterocycles. The average molecular weight is 531 g/mol. The van der Waals surface area contributed by atoms with Crippen molar-refractivity contribution in [1.29, 1.82) is 0 Å². The molecule has 4 rings (SSSR count). The molecule has 0 amide bonds. The Hall–Kier alpha value is -2.46. The number of thioether (sulfide) groups is 1. The number of aliphatic carboxylic acids is 1. The van der Waals surface area contributed by atoms with E-state index in [0.717, 1.165) is 74.9 Å². The largest absolute Gasteiger partial charge is 0.493 e. The van der Waals surface area contributed by atoms with Gasteiger partial charge in [0.05, 0.1) is 27.4 Å². The lowest BCUT2D eigenvalue weighted by atomic mass is 9.95. The lowest BCUT2D eigenvalue weighted by Gasteiger charge is -2.39. The minimum absolute atomic E-state index is 0.0436. The van der Waals surface area contributed by atoms with Crippen LogP contribution in [0.4, 0.5) is 0 Å². The van der Waals surface area contributed by atoms with Gasteiger partial charge in [-0.1, -0.05) is 18.2 Å². The van der Waals surface area contributed by atoms with Gasteiger partial charge in [0.25, 0.3) is 0 Å². The molecule has 202 valence electrons. The van der Waals surface area contributed by atoms with Gasteiger partial charge < -0.3 is 24.1 Å². The van der Waals surface area contributed by atoms with Crippen LogP contribution in [0.15, 0.2) is 42.5 Å². The van der Waals surface area contributed by atoms with Crippen LogP contribution in [0, 0.1) is 0 Å². The topological polar surface area (TPSA) is 80.7 Å². The van der Waals surface area contributed by atoms with Gasteiger partial charge in [0, 0.05) is 43.7 Å². The van der Waals surface area contributed by atoms with Crippen LogP contribution in [0.2, 0.25) is 0 Å². The van der Waals surface area contributed by atoms with E-state index in [1.807, 2.05) is 30.3 Å². The highest BCUT2D eigenvalue weighted by atomic mass is 32.2. The van der Waals surface area contributed by atoms with E-state index in [4.69, 9.17) is 18.9 Å². The molecule has 2 aromatic carbocycles. The standard InChI is InChI=1S/C28H38N2O6S/c1-33-26-9-7-21(18-27(26)34-2)6-8-24(30-13-17-37-20-25(30)28(31)32)22-4-3-5-23(19-22)36-16-12-29-10-14-35-15-11-29/h3-5,7,9,18-19,24-25H,6,8,10-17,20H2,1-2H3,(H,31,32)/t24-,25?/m1/s1. The van der Waals surface area contributed by atoms with E-state index in [-0.39, 0.29) is 6.04 Å². The Labute approximate surface area is 223 Å². The Kier molecular flexibility index (Phi) is 10.4. The van der Waals surface area contributed by atoms with Gasteiger partial charge in [0.15, 0.2) is 11.5 Å². The van der Waals surface area contributed by atoms with Crippen LogP contribution in [0.1, 0.15) is 23.6 Å². The molecule has 0 aliphatic carbocycles. The minimum atomic E-state index is -0.763. The Bertz CT molecular complexity index is 1020. The summed E-state index contributed by atoms with van der Waals surface area (Å²) in [6, 6.07) is 13.6. The van der Waals surface area contributed by atoms with E-state index in [9.17, 15) is 9.90 Å². The molecular formula is C28H38N2O6S. The lowest BCUT2D eigenvalue weighted by Crippen LogP contribution is -2.49. The normalized spacial score (nSPS) is 19.8. The molecule has 0 bridgehead atoms. The van der Waals surface area contributed by atoms with E-state index in [0.29, 0.717) is 23.9 Å². The maximum Gasteiger partial charge on any atom is 0.321 e. The number of carboxylic acid groups (broad SMARTS) is 1. The number of hydrogen-bond acceptors (Lipinski definition) is 8. The van der Waals surface area contributed by atoms with E-state index in [1.165, 1.54) is 0 Å². The zero-order valence-electron chi connectivity index (χ0n) is 21.8. The Morgan fingerprint density at radius 1 is 1.11 bits per heavy atom. The molecule has 2 saturated heterocycles. The van der Waals surface area contributed by atoms with E-state index >= 15 is 0 Å². The van der Waals surface area contributed by atoms with Gasteiger partial charge in [-0.2, -0.15) is 11.8 Å². The molecule has 0 spiro atoms. The SMILES string of the molecule is COc1ccc(CC[C@H](c2cccc(OCCN3CCOCC3)c2)N2CCSCC2C(=O)O)cc1OC. The fraction of sp³-hybridized carbons (Fsp3) is 0.536. The molecule has 2 aliphatic heterocycles. The molecule has 0 radical (unpaired) electrons. The maximum atomic E-state index is 12.2. The molecular weight excluding hydrogens is 492 g/mol. The highest BCUT2D eigenvalue weighted by Gasteiger charge is 2.34. The number of carboxylic acids is 1. The number of hydrogen-bond donors (Lipinski definition) is 1. The zero-order chi connectivity index (χ0) is 26.0. The summed E-state index contributed by atoms with van der Waals surface area (Å²) >= 11 is 1.71. The number of morpholine rings is 1. The number of ether oxygens (including phenoxy) is 4. The first-order chi connectivity index (χ1) is 18.1. The Morgan fingerprint density at radius 2 is 1.92 bits per heavy atom. The summed E-state index contributed by atoms with van der Waals surface area (Å²) in [5.41, 5.74) is 2.21. The monoisotopic (exact) mass is 530 g/mol. The van der Waals surface area contributed by atoms with Gasteiger partial charge in [0.2, 0.25) is 0 Å². The minimum Gasteiger partial charge on any atom is -0.493 e. The maximum absolute atomic E-state index is 12.2. The van der Waals surface area contributed by atoms with Gasteiger partial charge >= 0.3 is 5.97 Å². The third-order valence-corrected chi connectivity index (χ3v) is 8.06. The van der Waals surface area contributed by atoms with Crippen molar-refractivity contribution in [2.75, 3.05) is 71.7 Å². The second kappa shape index (κ2) is 13.9. The summed E-state index contributed by atoms with van der Waals surface area (Å²) in [6.45, 7) is 5.63. The van der Waals surface area contributed by atoms with Gasteiger partial charge in [0.1, 0.15) is 18.4 Å². The second-order valence-corrected chi connectivity index (χ2v) is 10.4. The fourth-order valence-corrected chi connectivity index (χ4v) is 6.06. The molecule has 9 heteroatoms. The van der Waals surface area contributed by atoms with E-state index in [1.54, 1.807) is 26.0 Å². The summed E-state index contributed by atoms with van der Waals surface area (Å²) < 4.78 is 22.4. The number of nitrogens with zero attached hydrogens (tertiary/aromatic N) is 2. The van der Waals surface area contributed by atoms with E-state index in [2.05, 4.69) is 21.9 Å². The first-order valence-corrected chi connectivity index (χ1v) is 14.0. The lowest BCUT2D eigenvalue weighted by molar-refractivity contribution is -0.143. The number of benzene rings is 2. The average Bonchev–Trinajstić information content (AvgIpc) is 2.94. The van der Waals surface area contributed by atoms with Crippen LogP contribution in [-0.2, 0) is 16.0 Å². The van der Waals surface area contributed by atoms with Crippen molar-refractivity contribution < 1.29 is 28.8 Å². The van der Waals surface area contributed by atoms with Gasteiger partial charge in [-0.15, -0.1) is 0 Å². The third-order valence-electron chi connectivity index (χ3n) is 7.03. The van der Waals surface area contributed by atoms with Crippen LogP contribution in [0.25, 0.3) is 0 Å². The van der Waals surface area contributed by atoms with Crippen molar-refractivity contribution in [3.8, 4) is 17.2 Å². The number of methoxy groups -OCH3 is 2. The summed E-state index contributed by atoms with van der Waals surface area (Å²) in [5, 5.41) is 9.99. The van der Waals surface area contributed by atoms with Crippen molar-refractivity contribution in [3.63, 3.8) is 0 Å². The van der Waals surface area contributed by atoms with Crippen LogP contribution in [-0.4, -0.2) is 98.6 Å². The zero-order valence-corrected chi connectivity index (χ0v) is 22.6. The van der Waals surface area contributed by atoms with Crippen LogP contribution in [0.5, 0.6) is 17.2 Å². The molecule has 37 heavy (non-hydrogen) atoms. The smallest absolute Gasteiger partial charge is 0.321 e. The summed E-state index contributed by atoms with van der Waals surface area (Å²) in [7, 11) is 3.27. The number of carbonyl (C=O) groups is 1. The predicted molar refractivity (Wildman–Crippen MR) is 145 cm³/mol. The second-order valence-electron chi connectivity index (χ2n) is 9.29. The Balaban J connectivity index is 1.51. The number of aryl methyl sites for hydroxylation is 1. The third kappa shape index (κ3) is 7.54. The summed E-state index contributed by atoms with van der Waals surface area (Å²) in [6.07, 6.45) is 1.56. The molecule has 2 aromatic rings. The number of rotatable bonds is 12. The van der Waals surface area contributed by atoms with Gasteiger partial charge in [-0.25, -0.2) is 0 Å². The molecule has 2 atom stereocenters. The molecule has 1 N–H and O–H groups in total. The Morgan fingerprint density at radius 3 is 2.68 bits per heavy atom. The molecule has 1 unspecified atom stereocenters. The van der Waals surface area contributed by atoms with Crippen LogP contribution < -0.4 is 14.2 Å². The molecule has 2 fully saturated rings. The highest BCUT2D eigenvalue weighted by molar-refractivity contribution is 7.99. The molecule has 8 nitrogen and oxygen atoms in total. The van der Waals surface area contributed by atoms with Gasteiger partial charge in [-0.05, 0) is 48.2 Å². The van der Waals surface area contributed by atoms with Crippen molar-refractivity contribution in [2.45, 2.75) is 24.9 Å². The van der Waals surface area contributed by atoms with Crippen molar-refractivity contribution in [2.24, 2.45) is 0 Å². The van der Waals surface area contributed by atoms with Crippen LogP contribution >= 0.6 is 11.8 Å². The first kappa shape index (κ1) is 27.6. The summed E-state index contributed by atoms with van der Waals surface area (Å²) in [5.74, 6) is 2.97. The van der Waals surface area contributed by atoms with E-state index < -0.39 is 12.0 Å². The molecule has 2 heterocycles. The first-order valence-electron chi connectivity index (χ1n) is 12.9. The molecule has 2 aliphatic rings. The van der Waals surface area contributed by atoms with Crippen molar-refractivity contribution in [1.82, 2.24) is 9.80 Å². The van der Waals surface area contributed by atoms with Crippen molar-refractivity contribution in [3.05, 3.63) is 53.6 Å². The summed E-state index contributed by atoms with van der Waals surface area (Å²) in [4.78, 5) is 16.7. The highest BCUT2D eigenvalue weighted by Crippen LogP contribution is 2.35. The van der Waals surface area contributed by atoms with Crippen molar-refractivity contribution >= 4 is 17.7 Å². The predicted octanol–water partition coefficient (Wildman–Crippen LogP) is 3.59. The fourth-order valence-electron chi connectivity index (χ4n) is 5.00. The molecule has 0 saturated carbocycles. The van der Waals surface area contributed by atoms with Crippen LogP contribution in [0.3, 0.4) is 0 Å².